The van der Waals surface area contributed by atoms with Gasteiger partial charge in [0.25, 0.3) is 0 Å². The number of carbonyl (C=O) groups excluding carboxylic acids is 1. The van der Waals surface area contributed by atoms with Gasteiger partial charge in [-0.25, -0.2) is 14.8 Å². The standard InChI is InChI=1S/C17H19N3O2S/c1-23-16-18-10-9-14(19-16)15(13-7-8-13)20-17(21)22-11-12-5-3-2-4-6-12/h2-6,9-10,13,15H,7-8,11H2,1H3,(H,20,21). The van der Waals surface area contributed by atoms with Crippen molar-refractivity contribution in [3.8, 4) is 0 Å². The summed E-state index contributed by atoms with van der Waals surface area (Å²) in [5.41, 5.74) is 1.82. The number of amides is 1. The van der Waals surface area contributed by atoms with E-state index in [4.69, 9.17) is 4.74 Å². The van der Waals surface area contributed by atoms with Crippen molar-refractivity contribution < 1.29 is 9.53 Å². The van der Waals surface area contributed by atoms with Gasteiger partial charge >= 0.3 is 6.09 Å². The molecule has 1 heterocycles. The van der Waals surface area contributed by atoms with E-state index in [2.05, 4.69) is 15.3 Å². The Labute approximate surface area is 139 Å². The molecule has 2 aromatic rings. The molecule has 3 rings (SSSR count). The number of hydrogen-bond donors (Lipinski definition) is 1. The quantitative estimate of drug-likeness (QED) is 0.648. The van der Waals surface area contributed by atoms with Gasteiger partial charge in [0.2, 0.25) is 0 Å². The fourth-order valence-electron chi connectivity index (χ4n) is 2.38. The SMILES string of the molecule is CSc1nccc(C(NC(=O)OCc2ccccc2)C2CC2)n1. The molecule has 1 unspecified atom stereocenters. The Morgan fingerprint density at radius 3 is 2.83 bits per heavy atom. The van der Waals surface area contributed by atoms with Crippen molar-refractivity contribution in [1.29, 1.82) is 0 Å². The Morgan fingerprint density at radius 1 is 1.35 bits per heavy atom. The molecule has 6 heteroatoms. The molecular weight excluding hydrogens is 310 g/mol. The third-order valence-electron chi connectivity index (χ3n) is 3.74. The molecular formula is C17H19N3O2S. The molecule has 1 atom stereocenters. The first kappa shape index (κ1) is 15.8. The Bertz CT molecular complexity index is 662. The minimum absolute atomic E-state index is 0.104. The minimum Gasteiger partial charge on any atom is -0.445 e. The molecule has 1 N–H and O–H groups in total. The van der Waals surface area contributed by atoms with Gasteiger partial charge in [-0.05, 0) is 36.6 Å². The first-order valence-electron chi connectivity index (χ1n) is 7.60. The zero-order valence-electron chi connectivity index (χ0n) is 12.9. The van der Waals surface area contributed by atoms with E-state index in [9.17, 15) is 4.79 Å². The number of thioether (sulfide) groups is 1. The number of benzene rings is 1. The van der Waals surface area contributed by atoms with Crippen molar-refractivity contribution in [2.24, 2.45) is 5.92 Å². The highest BCUT2D eigenvalue weighted by molar-refractivity contribution is 7.98. The first-order chi connectivity index (χ1) is 11.3. The van der Waals surface area contributed by atoms with Crippen LogP contribution in [0.1, 0.15) is 30.1 Å². The lowest BCUT2D eigenvalue weighted by molar-refractivity contribution is 0.134. The van der Waals surface area contributed by atoms with Crippen molar-refractivity contribution >= 4 is 17.9 Å². The van der Waals surface area contributed by atoms with E-state index in [1.165, 1.54) is 11.8 Å². The number of ether oxygens (including phenoxy) is 1. The van der Waals surface area contributed by atoms with E-state index in [1.54, 1.807) is 6.20 Å². The van der Waals surface area contributed by atoms with Gasteiger partial charge in [-0.1, -0.05) is 42.1 Å². The number of aromatic nitrogens is 2. The summed E-state index contributed by atoms with van der Waals surface area (Å²) in [6, 6.07) is 11.4. The Kier molecular flexibility index (Phi) is 5.12. The number of rotatable bonds is 6. The Balaban J connectivity index is 1.62. The molecule has 1 fully saturated rings. The smallest absolute Gasteiger partial charge is 0.408 e. The summed E-state index contributed by atoms with van der Waals surface area (Å²) in [5.74, 6) is 0.434. The highest BCUT2D eigenvalue weighted by Crippen LogP contribution is 2.40. The van der Waals surface area contributed by atoms with Crippen LogP contribution in [0.5, 0.6) is 0 Å². The third kappa shape index (κ3) is 4.45. The monoisotopic (exact) mass is 329 g/mol. The van der Waals surface area contributed by atoms with Crippen LogP contribution in [0.4, 0.5) is 4.79 Å². The van der Waals surface area contributed by atoms with Crippen LogP contribution in [-0.4, -0.2) is 22.3 Å². The van der Waals surface area contributed by atoms with Gasteiger partial charge in [0.05, 0.1) is 11.7 Å². The highest BCUT2D eigenvalue weighted by Gasteiger charge is 2.35. The van der Waals surface area contributed by atoms with E-state index < -0.39 is 6.09 Å². The second-order valence-electron chi connectivity index (χ2n) is 5.49. The van der Waals surface area contributed by atoms with Gasteiger partial charge in [-0.2, -0.15) is 0 Å². The second kappa shape index (κ2) is 7.46. The lowest BCUT2D eigenvalue weighted by Gasteiger charge is -2.18. The predicted molar refractivity (Wildman–Crippen MR) is 89.0 cm³/mol. The molecule has 5 nitrogen and oxygen atoms in total. The number of nitrogens with zero attached hydrogens (tertiary/aromatic N) is 2. The highest BCUT2D eigenvalue weighted by atomic mass is 32.2. The number of carbonyl (C=O) groups is 1. The van der Waals surface area contributed by atoms with Crippen LogP contribution in [0.25, 0.3) is 0 Å². The molecule has 120 valence electrons. The lowest BCUT2D eigenvalue weighted by atomic mass is 10.1. The van der Waals surface area contributed by atoms with Gasteiger partial charge in [0, 0.05) is 6.20 Å². The second-order valence-corrected chi connectivity index (χ2v) is 6.26. The molecule has 1 amide bonds. The fraction of sp³-hybridized carbons (Fsp3) is 0.353. The minimum atomic E-state index is -0.407. The first-order valence-corrected chi connectivity index (χ1v) is 8.83. The zero-order chi connectivity index (χ0) is 16.1. The largest absolute Gasteiger partial charge is 0.445 e. The maximum atomic E-state index is 12.1. The molecule has 23 heavy (non-hydrogen) atoms. The van der Waals surface area contributed by atoms with Crippen molar-refractivity contribution in [1.82, 2.24) is 15.3 Å². The molecule has 0 aliphatic heterocycles. The molecule has 1 saturated carbocycles. The topological polar surface area (TPSA) is 64.1 Å². The molecule has 1 aromatic carbocycles. The van der Waals surface area contributed by atoms with E-state index in [0.29, 0.717) is 11.1 Å². The maximum absolute atomic E-state index is 12.1. The predicted octanol–water partition coefficient (Wildman–Crippen LogP) is 3.58. The van der Waals surface area contributed by atoms with Crippen LogP contribution in [-0.2, 0) is 11.3 Å². The van der Waals surface area contributed by atoms with Gasteiger partial charge in [0.15, 0.2) is 5.16 Å². The van der Waals surface area contributed by atoms with Crippen molar-refractivity contribution in [3.63, 3.8) is 0 Å². The average molecular weight is 329 g/mol. The Hall–Kier alpha value is -2.08. The summed E-state index contributed by atoms with van der Waals surface area (Å²) in [7, 11) is 0. The normalized spacial score (nSPS) is 15.0. The molecule has 1 aliphatic rings. The van der Waals surface area contributed by atoms with Crippen molar-refractivity contribution in [3.05, 3.63) is 53.9 Å². The van der Waals surface area contributed by atoms with E-state index >= 15 is 0 Å². The van der Waals surface area contributed by atoms with E-state index in [-0.39, 0.29) is 12.6 Å². The van der Waals surface area contributed by atoms with Gasteiger partial charge in [0.1, 0.15) is 6.61 Å². The lowest BCUT2D eigenvalue weighted by Crippen LogP contribution is -2.31. The summed E-state index contributed by atoms with van der Waals surface area (Å²) < 4.78 is 5.32. The number of alkyl carbamates (subject to hydrolysis) is 1. The Morgan fingerprint density at radius 2 is 2.13 bits per heavy atom. The summed E-state index contributed by atoms with van der Waals surface area (Å²) in [5, 5.41) is 3.67. The van der Waals surface area contributed by atoms with Crippen LogP contribution in [0.3, 0.4) is 0 Å². The van der Waals surface area contributed by atoms with E-state index in [1.807, 2.05) is 42.7 Å². The molecule has 1 aliphatic carbocycles. The van der Waals surface area contributed by atoms with Crippen LogP contribution >= 0.6 is 11.8 Å². The number of hydrogen-bond acceptors (Lipinski definition) is 5. The van der Waals surface area contributed by atoms with Gasteiger partial charge in [-0.15, -0.1) is 0 Å². The molecule has 0 bridgehead atoms. The van der Waals surface area contributed by atoms with Gasteiger partial charge < -0.3 is 10.1 Å². The molecule has 0 spiro atoms. The van der Waals surface area contributed by atoms with Crippen molar-refractivity contribution in [2.45, 2.75) is 30.6 Å². The van der Waals surface area contributed by atoms with Crippen molar-refractivity contribution in [2.75, 3.05) is 6.26 Å². The summed E-state index contributed by atoms with van der Waals surface area (Å²) in [4.78, 5) is 20.8. The third-order valence-corrected chi connectivity index (χ3v) is 4.30. The number of nitrogens with one attached hydrogen (secondary N) is 1. The zero-order valence-corrected chi connectivity index (χ0v) is 13.8. The molecule has 1 aromatic heterocycles. The summed E-state index contributed by atoms with van der Waals surface area (Å²) in [6.45, 7) is 0.268. The molecule has 0 radical (unpaired) electrons. The van der Waals surface area contributed by atoms with Gasteiger partial charge in [-0.3, -0.25) is 0 Å². The average Bonchev–Trinajstić information content (AvgIpc) is 3.44. The fourth-order valence-corrected chi connectivity index (χ4v) is 2.74. The summed E-state index contributed by atoms with van der Waals surface area (Å²) >= 11 is 1.49. The maximum Gasteiger partial charge on any atom is 0.408 e. The summed E-state index contributed by atoms with van der Waals surface area (Å²) in [6.07, 6.45) is 5.47. The van der Waals surface area contributed by atoms with Crippen LogP contribution in [0, 0.1) is 5.92 Å². The van der Waals surface area contributed by atoms with Crippen LogP contribution in [0.15, 0.2) is 47.8 Å². The van der Waals surface area contributed by atoms with Crippen LogP contribution in [0.2, 0.25) is 0 Å². The molecule has 0 saturated heterocycles. The van der Waals surface area contributed by atoms with E-state index in [0.717, 1.165) is 24.1 Å². The van der Waals surface area contributed by atoms with Crippen LogP contribution < -0.4 is 5.32 Å².